The highest BCUT2D eigenvalue weighted by atomic mass is 35.5. The van der Waals surface area contributed by atoms with Gasteiger partial charge in [-0.25, -0.2) is 4.68 Å². The van der Waals surface area contributed by atoms with Crippen molar-refractivity contribution in [3.05, 3.63) is 81.6 Å². The number of alkyl halides is 3. The summed E-state index contributed by atoms with van der Waals surface area (Å²) >= 11 is 5.87. The maximum absolute atomic E-state index is 13.0. The van der Waals surface area contributed by atoms with Crippen LogP contribution in [0.25, 0.3) is 11.3 Å². The number of carbonyl (C=O) groups excluding carboxylic acids is 1. The molecule has 1 amide bonds. The van der Waals surface area contributed by atoms with Crippen molar-refractivity contribution in [2.24, 2.45) is 0 Å². The predicted octanol–water partition coefficient (Wildman–Crippen LogP) is 5.00. The third-order valence-electron chi connectivity index (χ3n) is 4.29. The van der Waals surface area contributed by atoms with Crippen LogP contribution < -0.4 is 10.9 Å². The second-order valence-corrected chi connectivity index (χ2v) is 6.92. The Morgan fingerprint density at radius 2 is 1.73 bits per heavy atom. The first kappa shape index (κ1) is 21.6. The number of nitrogens with zero attached hydrogens (tertiary/aromatic N) is 2. The lowest BCUT2D eigenvalue weighted by molar-refractivity contribution is -0.137. The molecule has 30 heavy (non-hydrogen) atoms. The average molecular weight is 436 g/mol. The van der Waals surface area contributed by atoms with Crippen molar-refractivity contribution in [3.63, 3.8) is 0 Å². The number of aromatic nitrogens is 2. The highest BCUT2D eigenvalue weighted by molar-refractivity contribution is 6.30. The summed E-state index contributed by atoms with van der Waals surface area (Å²) in [6, 6.07) is 14.7. The molecule has 0 fully saturated rings. The number of hydrogen-bond donors (Lipinski definition) is 1. The molecule has 0 atom stereocenters. The summed E-state index contributed by atoms with van der Waals surface area (Å²) in [4.78, 5) is 24.1. The Hall–Kier alpha value is -3.13. The van der Waals surface area contributed by atoms with Crippen molar-refractivity contribution < 1.29 is 18.0 Å². The highest BCUT2D eigenvalue weighted by Crippen LogP contribution is 2.34. The molecular formula is C21H17ClF3N3O2. The molecule has 0 radical (unpaired) electrons. The molecule has 156 valence electrons. The SMILES string of the molecule is O=C(CCCn1nc(-c2ccc(Cl)cc2)ccc1=O)Nc1ccccc1C(F)(F)F. The van der Waals surface area contributed by atoms with Crippen LogP contribution in [0.2, 0.25) is 5.02 Å². The fourth-order valence-electron chi connectivity index (χ4n) is 2.83. The predicted molar refractivity (Wildman–Crippen MR) is 108 cm³/mol. The lowest BCUT2D eigenvalue weighted by Gasteiger charge is -2.13. The van der Waals surface area contributed by atoms with Gasteiger partial charge in [0.05, 0.1) is 16.9 Å². The van der Waals surface area contributed by atoms with Crippen LogP contribution in [0.5, 0.6) is 0 Å². The van der Waals surface area contributed by atoms with E-state index in [1.807, 2.05) is 0 Å². The second kappa shape index (κ2) is 9.13. The fourth-order valence-corrected chi connectivity index (χ4v) is 2.95. The number of amides is 1. The van der Waals surface area contributed by atoms with Crippen molar-refractivity contribution in [2.45, 2.75) is 25.6 Å². The summed E-state index contributed by atoms with van der Waals surface area (Å²) in [6.45, 7) is 0.147. The molecule has 0 bridgehead atoms. The molecule has 3 aromatic rings. The molecule has 0 saturated heterocycles. The molecule has 9 heteroatoms. The number of para-hydroxylation sites is 1. The topological polar surface area (TPSA) is 64.0 Å². The smallest absolute Gasteiger partial charge is 0.326 e. The molecule has 1 aromatic heterocycles. The van der Waals surface area contributed by atoms with E-state index in [9.17, 15) is 22.8 Å². The van der Waals surface area contributed by atoms with Gasteiger partial charge in [-0.15, -0.1) is 0 Å². The molecule has 3 rings (SSSR count). The summed E-state index contributed by atoms with van der Waals surface area (Å²) in [5, 5.41) is 7.14. The quantitative estimate of drug-likeness (QED) is 0.592. The molecular weight excluding hydrogens is 419 g/mol. The number of rotatable bonds is 6. The van der Waals surface area contributed by atoms with Gasteiger partial charge in [-0.05, 0) is 36.8 Å². The maximum atomic E-state index is 13.0. The maximum Gasteiger partial charge on any atom is 0.418 e. The normalized spacial score (nSPS) is 11.3. The molecule has 0 unspecified atom stereocenters. The van der Waals surface area contributed by atoms with Crippen molar-refractivity contribution in [1.82, 2.24) is 9.78 Å². The Morgan fingerprint density at radius 3 is 2.43 bits per heavy atom. The Morgan fingerprint density at radius 1 is 1.03 bits per heavy atom. The van der Waals surface area contributed by atoms with Crippen LogP contribution in [-0.2, 0) is 17.5 Å². The Kier molecular flexibility index (Phi) is 6.56. The summed E-state index contributed by atoms with van der Waals surface area (Å²) in [5.74, 6) is -0.575. The van der Waals surface area contributed by atoms with E-state index in [0.29, 0.717) is 10.7 Å². The van der Waals surface area contributed by atoms with Crippen LogP contribution in [0.1, 0.15) is 18.4 Å². The largest absolute Gasteiger partial charge is 0.418 e. The van der Waals surface area contributed by atoms with Gasteiger partial charge in [0.15, 0.2) is 0 Å². The van der Waals surface area contributed by atoms with Gasteiger partial charge in [-0.2, -0.15) is 18.3 Å². The van der Waals surface area contributed by atoms with Gasteiger partial charge in [-0.3, -0.25) is 9.59 Å². The van der Waals surface area contributed by atoms with Crippen LogP contribution in [0.4, 0.5) is 18.9 Å². The Balaban J connectivity index is 1.63. The minimum absolute atomic E-state index is 0.0640. The van der Waals surface area contributed by atoms with Gasteiger partial charge >= 0.3 is 6.18 Å². The first-order chi connectivity index (χ1) is 14.2. The van der Waals surface area contributed by atoms with Crippen LogP contribution in [0, 0.1) is 0 Å². The van der Waals surface area contributed by atoms with Crippen LogP contribution in [-0.4, -0.2) is 15.7 Å². The molecule has 2 aromatic carbocycles. The van der Waals surface area contributed by atoms with Gasteiger partial charge in [0.25, 0.3) is 5.56 Å². The highest BCUT2D eigenvalue weighted by Gasteiger charge is 2.33. The Bertz CT molecular complexity index is 1100. The van der Waals surface area contributed by atoms with E-state index in [4.69, 9.17) is 11.6 Å². The molecule has 0 saturated carbocycles. The molecule has 0 aliphatic rings. The second-order valence-electron chi connectivity index (χ2n) is 6.48. The minimum Gasteiger partial charge on any atom is -0.326 e. The van der Waals surface area contributed by atoms with Crippen molar-refractivity contribution in [2.75, 3.05) is 5.32 Å². The van der Waals surface area contributed by atoms with E-state index in [2.05, 4.69) is 10.4 Å². The summed E-state index contributed by atoms with van der Waals surface area (Å²) in [5.41, 5.74) is -0.207. The molecule has 1 heterocycles. The number of nitrogens with one attached hydrogen (secondary N) is 1. The molecule has 5 nitrogen and oxygen atoms in total. The third kappa shape index (κ3) is 5.48. The Labute approximate surface area is 175 Å². The summed E-state index contributed by atoms with van der Waals surface area (Å²) in [7, 11) is 0. The number of carbonyl (C=O) groups is 1. The lowest BCUT2D eigenvalue weighted by Crippen LogP contribution is -2.23. The zero-order valence-corrected chi connectivity index (χ0v) is 16.4. The van der Waals surface area contributed by atoms with E-state index in [1.54, 1.807) is 30.3 Å². The van der Waals surface area contributed by atoms with Crippen molar-refractivity contribution >= 4 is 23.2 Å². The first-order valence-electron chi connectivity index (χ1n) is 9.04. The zero-order valence-electron chi connectivity index (χ0n) is 15.6. The number of halogens is 4. The zero-order chi connectivity index (χ0) is 21.7. The molecule has 0 aliphatic heterocycles. The van der Waals surface area contributed by atoms with Gasteiger partial charge in [0, 0.05) is 29.6 Å². The van der Waals surface area contributed by atoms with E-state index >= 15 is 0 Å². The standard InChI is InChI=1S/C21H17ClF3N3O2/c22-15-9-7-14(8-10-15)17-11-12-20(30)28(27-17)13-3-6-19(29)26-18-5-2-1-4-16(18)21(23,24)25/h1-2,4-5,7-12H,3,6,13H2,(H,26,29). The first-order valence-corrected chi connectivity index (χ1v) is 9.42. The molecule has 0 spiro atoms. The summed E-state index contributed by atoms with van der Waals surface area (Å²) in [6.07, 6.45) is -4.40. The van der Waals surface area contributed by atoms with E-state index < -0.39 is 17.6 Å². The number of hydrogen-bond acceptors (Lipinski definition) is 3. The minimum atomic E-state index is -4.57. The van der Waals surface area contributed by atoms with Gasteiger partial charge in [-0.1, -0.05) is 35.9 Å². The van der Waals surface area contributed by atoms with Gasteiger partial charge < -0.3 is 5.32 Å². The fraction of sp³-hybridized carbons (Fsp3) is 0.190. The van der Waals surface area contributed by atoms with Gasteiger partial charge in [0.2, 0.25) is 5.91 Å². The van der Waals surface area contributed by atoms with Gasteiger partial charge in [0.1, 0.15) is 0 Å². The van der Waals surface area contributed by atoms with Crippen LogP contribution >= 0.6 is 11.6 Å². The third-order valence-corrected chi connectivity index (χ3v) is 4.54. The van der Waals surface area contributed by atoms with Crippen LogP contribution in [0.3, 0.4) is 0 Å². The van der Waals surface area contributed by atoms with E-state index in [0.717, 1.165) is 11.6 Å². The van der Waals surface area contributed by atoms with E-state index in [-0.39, 0.29) is 30.6 Å². The van der Waals surface area contributed by atoms with E-state index in [1.165, 1.54) is 28.9 Å². The number of benzene rings is 2. The monoisotopic (exact) mass is 435 g/mol. The summed E-state index contributed by atoms with van der Waals surface area (Å²) < 4.78 is 40.3. The molecule has 1 N–H and O–H groups in total. The van der Waals surface area contributed by atoms with Crippen molar-refractivity contribution in [3.8, 4) is 11.3 Å². The lowest BCUT2D eigenvalue weighted by atomic mass is 10.1. The van der Waals surface area contributed by atoms with Crippen molar-refractivity contribution in [1.29, 1.82) is 0 Å². The average Bonchev–Trinajstić information content (AvgIpc) is 2.70. The number of anilines is 1. The van der Waals surface area contributed by atoms with Crippen LogP contribution in [0.15, 0.2) is 65.5 Å². The number of aryl methyl sites for hydroxylation is 1. The molecule has 0 aliphatic carbocycles.